The van der Waals surface area contributed by atoms with E-state index in [0.29, 0.717) is 18.3 Å². The van der Waals surface area contributed by atoms with E-state index in [1.165, 1.54) is 6.42 Å². The summed E-state index contributed by atoms with van der Waals surface area (Å²) < 4.78 is 0. The van der Waals surface area contributed by atoms with Crippen molar-refractivity contribution in [2.45, 2.75) is 50.1 Å². The Labute approximate surface area is 152 Å². The number of aromatic hydroxyl groups is 1. The molecule has 1 atom stereocenters. The SMILES string of the molecule is N[C@@H](Cc1ccc(O)cc1)C(=O)NC1(C(=O)O)C2CC3CC(C2)CC1C3. The van der Waals surface area contributed by atoms with Gasteiger partial charge < -0.3 is 21.3 Å². The van der Waals surface area contributed by atoms with Crippen molar-refractivity contribution in [2.24, 2.45) is 29.4 Å². The number of rotatable bonds is 5. The van der Waals surface area contributed by atoms with Crippen LogP contribution in [-0.4, -0.2) is 33.7 Å². The molecule has 1 aromatic rings. The minimum absolute atomic E-state index is 0.0149. The molecule has 6 nitrogen and oxygen atoms in total. The van der Waals surface area contributed by atoms with Crippen LogP contribution >= 0.6 is 0 Å². The second-order valence-electron chi connectivity index (χ2n) is 8.44. The zero-order chi connectivity index (χ0) is 18.5. The van der Waals surface area contributed by atoms with E-state index >= 15 is 0 Å². The first-order chi connectivity index (χ1) is 12.4. The van der Waals surface area contributed by atoms with Crippen molar-refractivity contribution in [2.75, 3.05) is 0 Å². The minimum atomic E-state index is -1.16. The van der Waals surface area contributed by atoms with E-state index in [0.717, 1.165) is 31.2 Å². The second-order valence-corrected chi connectivity index (χ2v) is 8.44. The highest BCUT2D eigenvalue weighted by molar-refractivity contribution is 5.90. The van der Waals surface area contributed by atoms with Gasteiger partial charge in [-0.3, -0.25) is 4.79 Å². The smallest absolute Gasteiger partial charge is 0.330 e. The van der Waals surface area contributed by atoms with Gasteiger partial charge >= 0.3 is 5.97 Å². The van der Waals surface area contributed by atoms with E-state index in [-0.39, 0.29) is 17.6 Å². The number of benzene rings is 1. The van der Waals surface area contributed by atoms with E-state index in [1.54, 1.807) is 24.3 Å². The van der Waals surface area contributed by atoms with Gasteiger partial charge in [0, 0.05) is 0 Å². The molecule has 6 heteroatoms. The lowest BCUT2D eigenvalue weighted by Gasteiger charge is -2.59. The van der Waals surface area contributed by atoms with Gasteiger partial charge in [-0.15, -0.1) is 0 Å². The Bertz CT molecular complexity index is 687. The molecule has 0 saturated heterocycles. The summed E-state index contributed by atoms with van der Waals surface area (Å²) in [5.74, 6) is 0.122. The van der Waals surface area contributed by atoms with E-state index in [4.69, 9.17) is 5.73 Å². The number of amides is 1. The third kappa shape index (κ3) is 2.76. The molecule has 140 valence electrons. The van der Waals surface area contributed by atoms with Crippen molar-refractivity contribution < 1.29 is 19.8 Å². The third-order valence-corrected chi connectivity index (χ3v) is 6.84. The lowest BCUT2D eigenvalue weighted by molar-refractivity contribution is -0.168. The Morgan fingerprint density at radius 2 is 1.62 bits per heavy atom. The number of carboxylic acid groups (broad SMARTS) is 1. The van der Waals surface area contributed by atoms with Crippen LogP contribution in [0.1, 0.15) is 37.7 Å². The van der Waals surface area contributed by atoms with Crippen LogP contribution in [0.25, 0.3) is 0 Å². The average molecular weight is 358 g/mol. The zero-order valence-corrected chi connectivity index (χ0v) is 14.7. The van der Waals surface area contributed by atoms with Gasteiger partial charge in [-0.25, -0.2) is 4.79 Å². The zero-order valence-electron chi connectivity index (χ0n) is 14.7. The summed E-state index contributed by atoms with van der Waals surface area (Å²) in [5, 5.41) is 22.3. The number of phenols is 1. The summed E-state index contributed by atoms with van der Waals surface area (Å²) in [6.45, 7) is 0. The molecule has 5 N–H and O–H groups in total. The number of aliphatic carboxylic acids is 1. The third-order valence-electron chi connectivity index (χ3n) is 6.84. The lowest BCUT2D eigenvalue weighted by Crippen LogP contribution is -2.71. The first kappa shape index (κ1) is 17.3. The number of hydrogen-bond donors (Lipinski definition) is 4. The van der Waals surface area contributed by atoms with E-state index in [1.807, 2.05) is 0 Å². The van der Waals surface area contributed by atoms with E-state index in [9.17, 15) is 19.8 Å². The summed E-state index contributed by atoms with van der Waals surface area (Å²) in [6.07, 6.45) is 5.11. The molecule has 5 rings (SSSR count). The van der Waals surface area contributed by atoms with Crippen LogP contribution in [0.5, 0.6) is 5.75 Å². The number of carbonyl (C=O) groups excluding carboxylic acids is 1. The molecule has 1 amide bonds. The van der Waals surface area contributed by atoms with Crippen molar-refractivity contribution >= 4 is 11.9 Å². The van der Waals surface area contributed by atoms with Crippen molar-refractivity contribution in [1.82, 2.24) is 5.32 Å². The van der Waals surface area contributed by atoms with Crippen LogP contribution in [0.3, 0.4) is 0 Å². The predicted octanol–water partition coefficient (Wildman–Crippen LogP) is 1.66. The molecule has 4 fully saturated rings. The number of carboxylic acids is 1. The summed E-state index contributed by atoms with van der Waals surface area (Å²) in [6, 6.07) is 5.73. The topological polar surface area (TPSA) is 113 Å². The maximum absolute atomic E-state index is 12.8. The van der Waals surface area contributed by atoms with Crippen LogP contribution in [0.2, 0.25) is 0 Å². The molecule has 0 aromatic heterocycles. The van der Waals surface area contributed by atoms with Gasteiger partial charge in [-0.2, -0.15) is 0 Å². The summed E-state index contributed by atoms with van der Waals surface area (Å²) in [7, 11) is 0. The lowest BCUT2D eigenvalue weighted by atomic mass is 9.48. The maximum Gasteiger partial charge on any atom is 0.330 e. The highest BCUT2D eigenvalue weighted by atomic mass is 16.4. The van der Waals surface area contributed by atoms with Gasteiger partial charge in [0.15, 0.2) is 0 Å². The van der Waals surface area contributed by atoms with Crippen LogP contribution < -0.4 is 11.1 Å². The van der Waals surface area contributed by atoms with E-state index < -0.39 is 23.5 Å². The molecule has 0 spiro atoms. The summed E-state index contributed by atoms with van der Waals surface area (Å²) >= 11 is 0. The predicted molar refractivity (Wildman–Crippen MR) is 95.3 cm³/mol. The monoisotopic (exact) mass is 358 g/mol. The Hall–Kier alpha value is -2.08. The fourth-order valence-corrected chi connectivity index (χ4v) is 5.81. The number of nitrogens with one attached hydrogen (secondary N) is 1. The van der Waals surface area contributed by atoms with Crippen molar-refractivity contribution in [3.8, 4) is 5.75 Å². The molecule has 4 aliphatic rings. The van der Waals surface area contributed by atoms with Gasteiger partial charge in [0.2, 0.25) is 5.91 Å². The number of phenolic OH excluding ortho intramolecular Hbond substituents is 1. The molecule has 0 heterocycles. The Balaban J connectivity index is 1.51. The molecular formula is C20H26N2O4. The minimum Gasteiger partial charge on any atom is -0.508 e. The quantitative estimate of drug-likeness (QED) is 0.639. The molecule has 0 aliphatic heterocycles. The molecule has 4 aliphatic carbocycles. The van der Waals surface area contributed by atoms with Crippen molar-refractivity contribution in [3.05, 3.63) is 29.8 Å². The molecule has 26 heavy (non-hydrogen) atoms. The number of carbonyl (C=O) groups is 2. The highest BCUT2D eigenvalue weighted by Gasteiger charge is 2.62. The van der Waals surface area contributed by atoms with Gasteiger partial charge in [0.25, 0.3) is 0 Å². The van der Waals surface area contributed by atoms with Crippen molar-refractivity contribution in [1.29, 1.82) is 0 Å². The average Bonchev–Trinajstić information content (AvgIpc) is 2.59. The van der Waals surface area contributed by atoms with Gasteiger partial charge in [-0.05, 0) is 79.9 Å². The molecule has 1 aromatic carbocycles. The number of hydrogen-bond acceptors (Lipinski definition) is 4. The largest absolute Gasteiger partial charge is 0.508 e. The fraction of sp³-hybridized carbons (Fsp3) is 0.600. The molecule has 4 saturated carbocycles. The van der Waals surface area contributed by atoms with E-state index in [2.05, 4.69) is 5.32 Å². The van der Waals surface area contributed by atoms with Crippen molar-refractivity contribution in [3.63, 3.8) is 0 Å². The molecule has 0 unspecified atom stereocenters. The van der Waals surface area contributed by atoms with Crippen LogP contribution in [0, 0.1) is 23.7 Å². The normalized spacial score (nSPS) is 35.9. The Morgan fingerprint density at radius 3 is 2.12 bits per heavy atom. The van der Waals surface area contributed by atoms with Gasteiger partial charge in [0.1, 0.15) is 11.3 Å². The maximum atomic E-state index is 12.8. The van der Waals surface area contributed by atoms with Gasteiger partial charge in [0.05, 0.1) is 6.04 Å². The summed E-state index contributed by atoms with van der Waals surface area (Å²) in [4.78, 5) is 25.0. The fourth-order valence-electron chi connectivity index (χ4n) is 5.81. The van der Waals surface area contributed by atoms with Crippen LogP contribution in [0.4, 0.5) is 0 Å². The first-order valence-electron chi connectivity index (χ1n) is 9.47. The molecular weight excluding hydrogens is 332 g/mol. The Kier molecular flexibility index (Phi) is 4.18. The summed E-state index contributed by atoms with van der Waals surface area (Å²) in [5.41, 5.74) is 5.76. The number of nitrogens with two attached hydrogens (primary N) is 1. The molecule has 4 bridgehead atoms. The molecule has 0 radical (unpaired) electrons. The second kappa shape index (κ2) is 6.27. The van der Waals surface area contributed by atoms with Crippen LogP contribution in [0.15, 0.2) is 24.3 Å². The van der Waals surface area contributed by atoms with Crippen LogP contribution in [-0.2, 0) is 16.0 Å². The van der Waals surface area contributed by atoms with Gasteiger partial charge in [-0.1, -0.05) is 12.1 Å². The Morgan fingerprint density at radius 1 is 1.08 bits per heavy atom. The first-order valence-corrected chi connectivity index (χ1v) is 9.47. The highest BCUT2D eigenvalue weighted by Crippen LogP contribution is 2.58. The standard InChI is InChI=1S/C20H26N2O4/c21-17(10-11-1-3-16(23)4-2-11)18(24)22-20(19(25)26)14-6-12-5-13(8-14)9-15(20)7-12/h1-4,12-15,17,23H,5-10,21H2,(H,22,24)(H,25,26)/t12?,13?,14?,15?,17-,20?/m0/s1.